The lowest BCUT2D eigenvalue weighted by Gasteiger charge is -2.20. The number of nitrogens with two attached hydrogens (primary N) is 1. The molecule has 0 heterocycles. The second-order valence-corrected chi connectivity index (χ2v) is 5.03. The van der Waals surface area contributed by atoms with E-state index in [2.05, 4.69) is 43.5 Å². The fourth-order valence-corrected chi connectivity index (χ4v) is 2.24. The Hall–Kier alpha value is -0.900. The van der Waals surface area contributed by atoms with Crippen LogP contribution in [0.4, 0.5) is 0 Å². The SMILES string of the molecule is CCc1ccc(CC(CC(C)COC)NN)cc1. The molecular weight excluding hydrogens is 224 g/mol. The summed E-state index contributed by atoms with van der Waals surface area (Å²) >= 11 is 0. The van der Waals surface area contributed by atoms with Crippen LogP contribution in [-0.2, 0) is 17.6 Å². The average Bonchev–Trinajstić information content (AvgIpc) is 2.39. The molecule has 1 aromatic carbocycles. The maximum atomic E-state index is 5.63. The molecule has 3 nitrogen and oxygen atoms in total. The molecule has 0 fully saturated rings. The van der Waals surface area contributed by atoms with Crippen LogP contribution in [0.2, 0.25) is 0 Å². The highest BCUT2D eigenvalue weighted by molar-refractivity contribution is 5.23. The molecule has 0 saturated heterocycles. The van der Waals surface area contributed by atoms with Crippen molar-refractivity contribution in [2.24, 2.45) is 11.8 Å². The molecular formula is C15H26N2O. The average molecular weight is 250 g/mol. The minimum absolute atomic E-state index is 0.308. The summed E-state index contributed by atoms with van der Waals surface area (Å²) in [6.07, 6.45) is 3.08. The summed E-state index contributed by atoms with van der Waals surface area (Å²) in [4.78, 5) is 0. The Labute approximate surface area is 111 Å². The number of methoxy groups -OCH3 is 1. The largest absolute Gasteiger partial charge is 0.384 e. The Morgan fingerprint density at radius 2 is 1.83 bits per heavy atom. The number of benzene rings is 1. The van der Waals surface area contributed by atoms with Crippen molar-refractivity contribution in [1.29, 1.82) is 0 Å². The van der Waals surface area contributed by atoms with Crippen molar-refractivity contribution in [3.05, 3.63) is 35.4 Å². The van der Waals surface area contributed by atoms with Gasteiger partial charge < -0.3 is 4.74 Å². The van der Waals surface area contributed by atoms with Gasteiger partial charge in [-0.2, -0.15) is 0 Å². The van der Waals surface area contributed by atoms with Crippen molar-refractivity contribution in [3.63, 3.8) is 0 Å². The van der Waals surface area contributed by atoms with E-state index >= 15 is 0 Å². The minimum Gasteiger partial charge on any atom is -0.384 e. The van der Waals surface area contributed by atoms with E-state index in [9.17, 15) is 0 Å². The Balaban J connectivity index is 2.50. The van der Waals surface area contributed by atoms with E-state index in [1.54, 1.807) is 7.11 Å². The molecule has 0 saturated carbocycles. The van der Waals surface area contributed by atoms with Crippen molar-refractivity contribution in [1.82, 2.24) is 5.43 Å². The summed E-state index contributed by atoms with van der Waals surface area (Å²) in [6, 6.07) is 9.10. The first kappa shape index (κ1) is 15.2. The van der Waals surface area contributed by atoms with Gasteiger partial charge in [0, 0.05) is 19.8 Å². The Kier molecular flexibility index (Phi) is 6.94. The molecule has 3 N–H and O–H groups in total. The van der Waals surface area contributed by atoms with E-state index in [-0.39, 0.29) is 0 Å². The lowest BCUT2D eigenvalue weighted by atomic mass is 9.96. The second-order valence-electron chi connectivity index (χ2n) is 5.03. The Morgan fingerprint density at radius 1 is 1.22 bits per heavy atom. The quantitative estimate of drug-likeness (QED) is 0.550. The van der Waals surface area contributed by atoms with Gasteiger partial charge in [0.25, 0.3) is 0 Å². The van der Waals surface area contributed by atoms with E-state index in [1.807, 2.05) is 0 Å². The van der Waals surface area contributed by atoms with Crippen LogP contribution in [-0.4, -0.2) is 19.8 Å². The summed E-state index contributed by atoms with van der Waals surface area (Å²) in [5.41, 5.74) is 5.62. The number of hydrazine groups is 1. The first-order valence-corrected chi connectivity index (χ1v) is 6.72. The zero-order chi connectivity index (χ0) is 13.4. The van der Waals surface area contributed by atoms with Crippen LogP contribution in [0.15, 0.2) is 24.3 Å². The van der Waals surface area contributed by atoms with E-state index in [0.29, 0.717) is 12.0 Å². The number of nitrogens with one attached hydrogen (secondary N) is 1. The summed E-state index contributed by atoms with van der Waals surface area (Å²) in [5.74, 6) is 6.15. The Morgan fingerprint density at radius 3 is 2.33 bits per heavy atom. The molecule has 0 aliphatic heterocycles. The lowest BCUT2D eigenvalue weighted by molar-refractivity contribution is 0.149. The van der Waals surface area contributed by atoms with E-state index in [4.69, 9.17) is 10.6 Å². The molecule has 1 rings (SSSR count). The molecule has 102 valence electrons. The van der Waals surface area contributed by atoms with Gasteiger partial charge in [0.1, 0.15) is 0 Å². The normalized spacial score (nSPS) is 14.4. The van der Waals surface area contributed by atoms with Gasteiger partial charge in [0.2, 0.25) is 0 Å². The van der Waals surface area contributed by atoms with Crippen LogP contribution < -0.4 is 11.3 Å². The standard InChI is InChI=1S/C15H26N2O/c1-4-13-5-7-14(8-6-13)10-15(17-16)9-12(2)11-18-3/h5-8,12,15,17H,4,9-11,16H2,1-3H3. The molecule has 2 atom stereocenters. The van der Waals surface area contributed by atoms with Crippen LogP contribution in [0, 0.1) is 5.92 Å². The van der Waals surface area contributed by atoms with Crippen LogP contribution in [0.5, 0.6) is 0 Å². The van der Waals surface area contributed by atoms with Gasteiger partial charge in [0.15, 0.2) is 0 Å². The maximum absolute atomic E-state index is 5.63. The summed E-state index contributed by atoms with van der Waals surface area (Å²) in [6.45, 7) is 5.15. The monoisotopic (exact) mass is 250 g/mol. The highest BCUT2D eigenvalue weighted by Gasteiger charge is 2.12. The lowest BCUT2D eigenvalue weighted by Crippen LogP contribution is -2.38. The van der Waals surface area contributed by atoms with Crippen LogP contribution in [0.1, 0.15) is 31.4 Å². The fraction of sp³-hybridized carbons (Fsp3) is 0.600. The highest BCUT2D eigenvalue weighted by atomic mass is 16.5. The zero-order valence-corrected chi connectivity index (χ0v) is 11.8. The van der Waals surface area contributed by atoms with Gasteiger partial charge >= 0.3 is 0 Å². The van der Waals surface area contributed by atoms with Crippen molar-refractivity contribution >= 4 is 0 Å². The molecule has 0 radical (unpaired) electrons. The maximum Gasteiger partial charge on any atom is 0.0488 e. The van der Waals surface area contributed by atoms with E-state index in [0.717, 1.165) is 25.9 Å². The third-order valence-corrected chi connectivity index (χ3v) is 3.29. The summed E-state index contributed by atoms with van der Waals surface area (Å²) < 4.78 is 5.16. The van der Waals surface area contributed by atoms with Crippen LogP contribution in [0.3, 0.4) is 0 Å². The number of aryl methyl sites for hydroxylation is 1. The van der Waals surface area contributed by atoms with Crippen molar-refractivity contribution in [2.45, 2.75) is 39.2 Å². The molecule has 2 unspecified atom stereocenters. The molecule has 0 aliphatic carbocycles. The molecule has 0 aliphatic rings. The van der Waals surface area contributed by atoms with Crippen molar-refractivity contribution in [3.8, 4) is 0 Å². The van der Waals surface area contributed by atoms with Gasteiger partial charge in [0.05, 0.1) is 0 Å². The molecule has 0 amide bonds. The predicted octanol–water partition coefficient (Wildman–Crippen LogP) is 2.30. The first-order valence-electron chi connectivity index (χ1n) is 6.72. The van der Waals surface area contributed by atoms with Crippen LogP contribution in [0.25, 0.3) is 0 Å². The first-order chi connectivity index (χ1) is 8.69. The number of hydrogen-bond acceptors (Lipinski definition) is 3. The molecule has 0 spiro atoms. The molecule has 0 bridgehead atoms. The van der Waals surface area contributed by atoms with Gasteiger partial charge in [-0.15, -0.1) is 0 Å². The topological polar surface area (TPSA) is 47.3 Å². The zero-order valence-electron chi connectivity index (χ0n) is 11.8. The second kappa shape index (κ2) is 8.25. The smallest absolute Gasteiger partial charge is 0.0488 e. The van der Waals surface area contributed by atoms with Gasteiger partial charge in [-0.3, -0.25) is 11.3 Å². The number of hydrogen-bond donors (Lipinski definition) is 2. The predicted molar refractivity (Wildman–Crippen MR) is 76.3 cm³/mol. The number of rotatable bonds is 8. The minimum atomic E-state index is 0.308. The van der Waals surface area contributed by atoms with Gasteiger partial charge in [-0.1, -0.05) is 38.1 Å². The fourth-order valence-electron chi connectivity index (χ4n) is 2.24. The van der Waals surface area contributed by atoms with Gasteiger partial charge in [-0.05, 0) is 36.3 Å². The molecule has 1 aromatic rings. The van der Waals surface area contributed by atoms with Crippen LogP contribution >= 0.6 is 0 Å². The number of ether oxygens (including phenoxy) is 1. The molecule has 18 heavy (non-hydrogen) atoms. The van der Waals surface area contributed by atoms with E-state index < -0.39 is 0 Å². The van der Waals surface area contributed by atoms with E-state index in [1.165, 1.54) is 11.1 Å². The third-order valence-electron chi connectivity index (χ3n) is 3.29. The molecule has 0 aromatic heterocycles. The van der Waals surface area contributed by atoms with Crippen molar-refractivity contribution in [2.75, 3.05) is 13.7 Å². The summed E-state index contributed by atoms with van der Waals surface area (Å²) in [5, 5.41) is 0. The van der Waals surface area contributed by atoms with Gasteiger partial charge in [-0.25, -0.2) is 0 Å². The van der Waals surface area contributed by atoms with Crippen molar-refractivity contribution < 1.29 is 4.74 Å². The highest BCUT2D eigenvalue weighted by Crippen LogP contribution is 2.12. The Bertz CT molecular complexity index is 324. The molecule has 3 heteroatoms. The summed E-state index contributed by atoms with van der Waals surface area (Å²) in [7, 11) is 1.74. The third kappa shape index (κ3) is 5.17.